The third-order valence-corrected chi connectivity index (χ3v) is 3.41. The van der Waals surface area contributed by atoms with Crippen LogP contribution in [0.3, 0.4) is 0 Å². The zero-order chi connectivity index (χ0) is 15.2. The van der Waals surface area contributed by atoms with Crippen LogP contribution in [0, 0.1) is 0 Å². The van der Waals surface area contributed by atoms with Gasteiger partial charge >= 0.3 is 5.97 Å². The molecular formula is C16H15BrO4. The van der Waals surface area contributed by atoms with Gasteiger partial charge in [0.05, 0.1) is 6.61 Å². The Morgan fingerprint density at radius 3 is 2.52 bits per heavy atom. The van der Waals surface area contributed by atoms with Gasteiger partial charge in [0.15, 0.2) is 0 Å². The van der Waals surface area contributed by atoms with Crippen molar-refractivity contribution in [2.45, 2.75) is 6.42 Å². The van der Waals surface area contributed by atoms with Crippen molar-refractivity contribution in [1.29, 1.82) is 0 Å². The van der Waals surface area contributed by atoms with E-state index in [0.717, 1.165) is 12.0 Å². The molecular weight excluding hydrogens is 336 g/mol. The lowest BCUT2D eigenvalue weighted by molar-refractivity contribution is 0.0694. The number of halogens is 1. The maximum Gasteiger partial charge on any atom is 0.339 e. The van der Waals surface area contributed by atoms with Gasteiger partial charge in [0.1, 0.15) is 17.1 Å². The summed E-state index contributed by atoms with van der Waals surface area (Å²) in [5.41, 5.74) is 1.26. The lowest BCUT2D eigenvalue weighted by atomic mass is 10.1. The third kappa shape index (κ3) is 4.31. The fourth-order valence-electron chi connectivity index (χ4n) is 1.83. The maximum absolute atomic E-state index is 11.2. The molecule has 5 heteroatoms. The largest absolute Gasteiger partial charge is 0.478 e. The van der Waals surface area contributed by atoms with Gasteiger partial charge in [-0.25, -0.2) is 4.79 Å². The summed E-state index contributed by atoms with van der Waals surface area (Å²) in [5, 5.41) is 9.19. The van der Waals surface area contributed by atoms with Crippen LogP contribution in [0.25, 0.3) is 0 Å². The quantitative estimate of drug-likeness (QED) is 0.850. The first-order chi connectivity index (χ1) is 10.1. The molecule has 2 aromatic rings. The lowest BCUT2D eigenvalue weighted by Crippen LogP contribution is -2.00. The van der Waals surface area contributed by atoms with Crippen LogP contribution in [-0.4, -0.2) is 24.8 Å². The van der Waals surface area contributed by atoms with Crippen LogP contribution in [0.2, 0.25) is 0 Å². The van der Waals surface area contributed by atoms with E-state index in [-0.39, 0.29) is 5.56 Å². The van der Waals surface area contributed by atoms with Gasteiger partial charge in [-0.15, -0.1) is 0 Å². The number of rotatable bonds is 6. The van der Waals surface area contributed by atoms with E-state index in [9.17, 15) is 9.90 Å². The van der Waals surface area contributed by atoms with Crippen molar-refractivity contribution in [3.63, 3.8) is 0 Å². The standard InChI is InChI=1S/C16H15BrO4/c1-20-9-8-11-2-5-13(6-3-11)21-15-7-4-12(17)10-14(15)16(18)19/h2-7,10H,8-9H2,1H3,(H,18,19). The number of aromatic carboxylic acids is 1. The second-order valence-corrected chi connectivity index (χ2v) is 5.35. The highest BCUT2D eigenvalue weighted by atomic mass is 79.9. The zero-order valence-electron chi connectivity index (χ0n) is 11.5. The molecule has 0 fully saturated rings. The van der Waals surface area contributed by atoms with Gasteiger partial charge in [-0.3, -0.25) is 0 Å². The second-order valence-electron chi connectivity index (χ2n) is 4.43. The minimum Gasteiger partial charge on any atom is -0.478 e. The highest BCUT2D eigenvalue weighted by Gasteiger charge is 2.12. The van der Waals surface area contributed by atoms with Crippen molar-refractivity contribution in [1.82, 2.24) is 0 Å². The van der Waals surface area contributed by atoms with Crippen LogP contribution in [0.15, 0.2) is 46.9 Å². The first-order valence-corrected chi connectivity index (χ1v) is 7.18. The number of methoxy groups -OCH3 is 1. The number of carboxylic acid groups (broad SMARTS) is 1. The molecule has 0 amide bonds. The van der Waals surface area contributed by atoms with Crippen molar-refractivity contribution in [3.05, 3.63) is 58.1 Å². The molecule has 21 heavy (non-hydrogen) atoms. The SMILES string of the molecule is COCCc1ccc(Oc2ccc(Br)cc2C(=O)O)cc1. The Kier molecular flexibility index (Phi) is 5.36. The zero-order valence-corrected chi connectivity index (χ0v) is 13.1. The minimum atomic E-state index is -1.02. The van der Waals surface area contributed by atoms with E-state index in [0.29, 0.717) is 22.6 Å². The molecule has 4 nitrogen and oxygen atoms in total. The third-order valence-electron chi connectivity index (χ3n) is 2.92. The Bertz CT molecular complexity index is 623. The molecule has 0 heterocycles. The summed E-state index contributed by atoms with van der Waals surface area (Å²) >= 11 is 3.25. The summed E-state index contributed by atoms with van der Waals surface area (Å²) in [6, 6.07) is 12.4. The van der Waals surface area contributed by atoms with Crippen molar-refractivity contribution in [2.75, 3.05) is 13.7 Å². The van der Waals surface area contributed by atoms with Crippen LogP contribution in [0.5, 0.6) is 11.5 Å². The summed E-state index contributed by atoms with van der Waals surface area (Å²) in [5.74, 6) is -0.112. The molecule has 0 aliphatic rings. The van der Waals surface area contributed by atoms with Crippen LogP contribution in [-0.2, 0) is 11.2 Å². The van der Waals surface area contributed by atoms with Crippen molar-refractivity contribution in [3.8, 4) is 11.5 Å². The van der Waals surface area contributed by atoms with E-state index in [1.165, 1.54) is 6.07 Å². The molecule has 2 aromatic carbocycles. The van der Waals surface area contributed by atoms with Gasteiger partial charge in [0.2, 0.25) is 0 Å². The minimum absolute atomic E-state index is 0.118. The predicted molar refractivity (Wildman–Crippen MR) is 83.2 cm³/mol. The number of carbonyl (C=O) groups is 1. The summed E-state index contributed by atoms with van der Waals surface area (Å²) < 4.78 is 11.4. The van der Waals surface area contributed by atoms with Crippen molar-refractivity contribution >= 4 is 21.9 Å². The number of hydrogen-bond donors (Lipinski definition) is 1. The number of hydrogen-bond acceptors (Lipinski definition) is 3. The van der Waals surface area contributed by atoms with E-state index in [1.54, 1.807) is 19.2 Å². The average Bonchev–Trinajstić information content (AvgIpc) is 2.48. The topological polar surface area (TPSA) is 55.8 Å². The van der Waals surface area contributed by atoms with Gasteiger partial charge in [-0.2, -0.15) is 0 Å². The number of carboxylic acids is 1. The van der Waals surface area contributed by atoms with Gasteiger partial charge in [0, 0.05) is 11.6 Å². The Hall–Kier alpha value is -1.85. The van der Waals surface area contributed by atoms with E-state index in [1.807, 2.05) is 24.3 Å². The highest BCUT2D eigenvalue weighted by Crippen LogP contribution is 2.28. The molecule has 0 aliphatic carbocycles. The second kappa shape index (κ2) is 7.24. The Morgan fingerprint density at radius 2 is 1.90 bits per heavy atom. The normalized spacial score (nSPS) is 10.4. The van der Waals surface area contributed by atoms with Gasteiger partial charge in [-0.1, -0.05) is 28.1 Å². The molecule has 0 aliphatic heterocycles. The molecule has 1 N–H and O–H groups in total. The smallest absolute Gasteiger partial charge is 0.339 e. The van der Waals surface area contributed by atoms with Gasteiger partial charge < -0.3 is 14.6 Å². The Balaban J connectivity index is 2.16. The Labute approximate surface area is 131 Å². The van der Waals surface area contributed by atoms with Gasteiger partial charge in [-0.05, 0) is 42.3 Å². The highest BCUT2D eigenvalue weighted by molar-refractivity contribution is 9.10. The monoisotopic (exact) mass is 350 g/mol. The van der Waals surface area contributed by atoms with Crippen LogP contribution < -0.4 is 4.74 Å². The molecule has 0 aromatic heterocycles. The van der Waals surface area contributed by atoms with Crippen molar-refractivity contribution in [2.24, 2.45) is 0 Å². The first kappa shape index (κ1) is 15.5. The van der Waals surface area contributed by atoms with Crippen LogP contribution >= 0.6 is 15.9 Å². The van der Waals surface area contributed by atoms with E-state index in [2.05, 4.69) is 15.9 Å². The van der Waals surface area contributed by atoms with Crippen molar-refractivity contribution < 1.29 is 19.4 Å². The molecule has 0 radical (unpaired) electrons. The first-order valence-electron chi connectivity index (χ1n) is 6.38. The number of ether oxygens (including phenoxy) is 2. The summed E-state index contributed by atoms with van der Waals surface area (Å²) in [4.78, 5) is 11.2. The predicted octanol–water partition coefficient (Wildman–Crippen LogP) is 4.13. The van der Waals surface area contributed by atoms with Gasteiger partial charge in [0.25, 0.3) is 0 Å². The molecule has 0 spiro atoms. The fraction of sp³-hybridized carbons (Fsp3) is 0.188. The number of benzene rings is 2. The molecule has 110 valence electrons. The summed E-state index contributed by atoms with van der Waals surface area (Å²) in [6.45, 7) is 0.663. The molecule has 0 bridgehead atoms. The van der Waals surface area contributed by atoms with E-state index >= 15 is 0 Å². The molecule has 0 atom stereocenters. The van der Waals surface area contributed by atoms with E-state index in [4.69, 9.17) is 9.47 Å². The van der Waals surface area contributed by atoms with E-state index < -0.39 is 5.97 Å². The summed E-state index contributed by atoms with van der Waals surface area (Å²) in [6.07, 6.45) is 0.829. The maximum atomic E-state index is 11.2. The molecule has 0 unspecified atom stereocenters. The lowest BCUT2D eigenvalue weighted by Gasteiger charge is -2.10. The Morgan fingerprint density at radius 1 is 1.19 bits per heavy atom. The summed E-state index contributed by atoms with van der Waals surface area (Å²) in [7, 11) is 1.67. The average molecular weight is 351 g/mol. The van der Waals surface area contributed by atoms with Crippen LogP contribution in [0.4, 0.5) is 0 Å². The molecule has 2 rings (SSSR count). The van der Waals surface area contributed by atoms with Crippen LogP contribution in [0.1, 0.15) is 15.9 Å². The molecule has 0 saturated carbocycles. The fourth-order valence-corrected chi connectivity index (χ4v) is 2.19. The molecule has 0 saturated heterocycles.